The first-order valence-electron chi connectivity index (χ1n) is 16.1. The highest BCUT2D eigenvalue weighted by Crippen LogP contribution is 2.58. The van der Waals surface area contributed by atoms with E-state index in [0.717, 1.165) is 36.2 Å². The smallest absolute Gasteiger partial charge is 0.340 e. The lowest BCUT2D eigenvalue weighted by molar-refractivity contribution is -0.148. The Morgan fingerprint density at radius 2 is 1.92 bits per heavy atom. The monoisotopic (exact) mass is 713 g/mol. The molecule has 7 rings (SSSR count). The Morgan fingerprint density at radius 3 is 2.62 bits per heavy atom. The molecular weight excluding hydrogens is 680 g/mol. The van der Waals surface area contributed by atoms with Gasteiger partial charge >= 0.3 is 7.60 Å². The van der Waals surface area contributed by atoms with Crippen molar-refractivity contribution in [1.29, 1.82) is 5.26 Å². The third kappa shape index (κ3) is 5.81. The Labute approximate surface area is 285 Å². The number of carbonyl (C=O) groups excluding carboxylic acids is 3. The third-order valence-corrected chi connectivity index (χ3v) is 12.7. The van der Waals surface area contributed by atoms with Crippen molar-refractivity contribution >= 4 is 58.3 Å². The van der Waals surface area contributed by atoms with Gasteiger partial charge in [0.25, 0.3) is 5.91 Å². The van der Waals surface area contributed by atoms with E-state index >= 15 is 0 Å². The molecule has 11 nitrogen and oxygen atoms in total. The number of likely N-dealkylation sites (tertiary alicyclic amines) is 1. The number of nitrogens with one attached hydrogen (secondary N) is 1. The van der Waals surface area contributed by atoms with Gasteiger partial charge in [-0.2, -0.15) is 5.26 Å². The van der Waals surface area contributed by atoms with Crippen LogP contribution in [-0.4, -0.2) is 72.5 Å². The summed E-state index contributed by atoms with van der Waals surface area (Å²) in [6, 6.07) is 8.20. The number of pyridine rings is 1. The van der Waals surface area contributed by atoms with Gasteiger partial charge in [0, 0.05) is 35.6 Å². The molecule has 48 heavy (non-hydrogen) atoms. The van der Waals surface area contributed by atoms with E-state index in [4.69, 9.17) is 11.6 Å². The second-order valence-electron chi connectivity index (χ2n) is 13.3. The standard InChI is InChI=1S/C33H34ClFN5O6PS/c34-21-12-20(15-37-16-21)23-17-39(33(9-10-33)24(23)14-36)32(43)26-7-6-22-3-1-2-4-25(31(42)40(22)26)38-30(41)28-13-19-11-18(5-8-27(19)48-28)29(35)47(44,45)46/h5,8,11-13,15-16,22-26,29H,1-4,6-7,9-10,17H2,(H,38,41)(H2,44,45,46)/t22-,23-,24-,25?,26-,29+/m0/s1. The molecule has 3 aromatic rings. The first-order chi connectivity index (χ1) is 22.9. The molecule has 6 atom stereocenters. The summed E-state index contributed by atoms with van der Waals surface area (Å²) in [7, 11) is -5.00. The predicted molar refractivity (Wildman–Crippen MR) is 176 cm³/mol. The van der Waals surface area contributed by atoms with Crippen LogP contribution in [0.4, 0.5) is 4.39 Å². The molecule has 1 aliphatic carbocycles. The molecule has 4 aliphatic rings. The van der Waals surface area contributed by atoms with Crippen molar-refractivity contribution in [3.8, 4) is 6.07 Å². The molecule has 1 aromatic carbocycles. The summed E-state index contributed by atoms with van der Waals surface area (Å²) < 4.78 is 26.4. The van der Waals surface area contributed by atoms with Crippen LogP contribution in [0.25, 0.3) is 10.1 Å². The normalized spacial score (nSPS) is 27.3. The lowest BCUT2D eigenvalue weighted by Crippen LogP contribution is -2.57. The lowest BCUT2D eigenvalue weighted by atomic mass is 9.85. The molecule has 5 heterocycles. The summed E-state index contributed by atoms with van der Waals surface area (Å²) in [4.78, 5) is 68.6. The van der Waals surface area contributed by atoms with Gasteiger partial charge in [0.15, 0.2) is 0 Å². The molecule has 2 aromatic heterocycles. The number of hydrogen-bond donors (Lipinski definition) is 3. The average Bonchev–Trinajstić information content (AvgIpc) is 3.39. The fourth-order valence-electron chi connectivity index (χ4n) is 8.02. The van der Waals surface area contributed by atoms with E-state index in [2.05, 4.69) is 16.4 Å². The maximum absolute atomic E-state index is 14.4. The Kier molecular flexibility index (Phi) is 8.61. The second-order valence-corrected chi connectivity index (χ2v) is 16.5. The summed E-state index contributed by atoms with van der Waals surface area (Å²) in [6.45, 7) is 0.341. The molecule has 252 valence electrons. The van der Waals surface area contributed by atoms with Gasteiger partial charge in [-0.1, -0.05) is 30.5 Å². The maximum Gasteiger partial charge on any atom is 0.363 e. The zero-order chi connectivity index (χ0) is 34.0. The molecule has 0 bridgehead atoms. The topological polar surface area (TPSA) is 164 Å². The van der Waals surface area contributed by atoms with Crippen LogP contribution in [0, 0.1) is 17.2 Å². The van der Waals surface area contributed by atoms with E-state index in [1.165, 1.54) is 30.5 Å². The van der Waals surface area contributed by atoms with Crippen molar-refractivity contribution in [3.63, 3.8) is 0 Å². The van der Waals surface area contributed by atoms with Gasteiger partial charge in [0.1, 0.15) is 12.1 Å². The number of halogens is 2. The minimum Gasteiger partial charge on any atom is -0.340 e. The maximum atomic E-state index is 14.4. The highest BCUT2D eigenvalue weighted by Gasteiger charge is 2.64. The summed E-state index contributed by atoms with van der Waals surface area (Å²) in [6.07, 6.45) is 8.58. The third-order valence-electron chi connectivity index (χ3n) is 10.5. The van der Waals surface area contributed by atoms with Crippen LogP contribution >= 0.6 is 30.5 Å². The summed E-state index contributed by atoms with van der Waals surface area (Å²) in [5.41, 5.74) is 0.0492. The fraction of sp³-hybridized carbons (Fsp3) is 0.485. The van der Waals surface area contributed by atoms with Gasteiger partial charge in [0.2, 0.25) is 17.7 Å². The van der Waals surface area contributed by atoms with E-state index in [1.54, 1.807) is 17.2 Å². The predicted octanol–water partition coefficient (Wildman–Crippen LogP) is 5.43. The van der Waals surface area contributed by atoms with Crippen molar-refractivity contribution < 1.29 is 33.1 Å². The van der Waals surface area contributed by atoms with Gasteiger partial charge in [-0.3, -0.25) is 23.9 Å². The quantitative estimate of drug-likeness (QED) is 0.285. The molecule has 3 aliphatic heterocycles. The van der Waals surface area contributed by atoms with Crippen LogP contribution in [0.2, 0.25) is 5.02 Å². The SMILES string of the molecule is N#C[C@H]1[C@H](c2cncc(Cl)c2)CN(C(=O)[C@@H]2CC[C@@H]3CCCCC(NC(=O)c4cc5cc([C@H](F)P(=O)(O)O)ccc5s4)C(=O)N32)C12CC2. The zero-order valence-corrected chi connectivity index (χ0v) is 28.3. The van der Waals surface area contributed by atoms with Crippen LogP contribution < -0.4 is 5.32 Å². The van der Waals surface area contributed by atoms with E-state index < -0.39 is 43.0 Å². The van der Waals surface area contributed by atoms with Crippen LogP contribution in [0.3, 0.4) is 0 Å². The number of nitriles is 1. The van der Waals surface area contributed by atoms with Crippen LogP contribution in [-0.2, 0) is 14.2 Å². The molecule has 1 spiro atoms. The van der Waals surface area contributed by atoms with Crippen molar-refractivity contribution in [2.24, 2.45) is 5.92 Å². The Hall–Kier alpha value is -3.40. The van der Waals surface area contributed by atoms with Crippen molar-refractivity contribution in [2.75, 3.05) is 6.54 Å². The van der Waals surface area contributed by atoms with Gasteiger partial charge < -0.3 is 24.9 Å². The number of fused-ring (bicyclic) bond motifs is 2. The number of thiophene rings is 1. The van der Waals surface area contributed by atoms with Gasteiger partial charge in [-0.15, -0.1) is 11.3 Å². The first-order valence-corrected chi connectivity index (χ1v) is 19.0. The fourth-order valence-corrected chi connectivity index (χ4v) is 9.69. The van der Waals surface area contributed by atoms with Gasteiger partial charge in [0.05, 0.1) is 27.4 Å². The van der Waals surface area contributed by atoms with Crippen LogP contribution in [0.1, 0.15) is 84.0 Å². The van der Waals surface area contributed by atoms with Crippen molar-refractivity contribution in [1.82, 2.24) is 20.1 Å². The molecule has 4 fully saturated rings. The molecule has 3 saturated heterocycles. The van der Waals surface area contributed by atoms with E-state index in [-0.39, 0.29) is 34.2 Å². The van der Waals surface area contributed by atoms with Crippen molar-refractivity contribution in [3.05, 3.63) is 63.8 Å². The van der Waals surface area contributed by atoms with E-state index in [9.17, 15) is 38.4 Å². The molecule has 0 radical (unpaired) electrons. The number of nitrogens with zero attached hydrogens (tertiary/aromatic N) is 4. The largest absolute Gasteiger partial charge is 0.363 e. The highest BCUT2D eigenvalue weighted by molar-refractivity contribution is 7.51. The minimum absolute atomic E-state index is 0.131. The molecular formula is C33H34ClFN5O6PS. The summed E-state index contributed by atoms with van der Waals surface area (Å²) in [5.74, 6) is -4.09. The van der Waals surface area contributed by atoms with Crippen molar-refractivity contribution in [2.45, 2.75) is 86.9 Å². The Balaban J connectivity index is 1.11. The number of rotatable bonds is 6. The zero-order valence-electron chi connectivity index (χ0n) is 25.8. The average molecular weight is 714 g/mol. The molecule has 3 amide bonds. The van der Waals surface area contributed by atoms with E-state index in [1.807, 2.05) is 4.90 Å². The Morgan fingerprint density at radius 1 is 1.15 bits per heavy atom. The summed E-state index contributed by atoms with van der Waals surface area (Å²) in [5, 5.41) is 14.0. The minimum atomic E-state index is -5.00. The number of carbonyl (C=O) groups is 3. The number of hydrogen-bond acceptors (Lipinski definition) is 7. The van der Waals surface area contributed by atoms with Crippen LogP contribution in [0.15, 0.2) is 42.7 Å². The number of amides is 3. The first kappa shape index (κ1) is 33.1. The van der Waals surface area contributed by atoms with E-state index in [0.29, 0.717) is 53.8 Å². The summed E-state index contributed by atoms with van der Waals surface area (Å²) >= 11 is 7.36. The lowest BCUT2D eigenvalue weighted by Gasteiger charge is -2.37. The van der Waals surface area contributed by atoms with Gasteiger partial charge in [-0.25, -0.2) is 4.39 Å². The second kappa shape index (κ2) is 12.5. The number of aromatic nitrogens is 1. The molecule has 1 saturated carbocycles. The molecule has 1 unspecified atom stereocenters. The Bertz CT molecular complexity index is 1890. The van der Waals surface area contributed by atoms with Gasteiger partial charge in [-0.05, 0) is 79.3 Å². The number of alkyl halides is 1. The van der Waals surface area contributed by atoms with Crippen LogP contribution in [0.5, 0.6) is 0 Å². The molecule has 15 heteroatoms. The number of benzene rings is 1. The molecule has 3 N–H and O–H groups in total. The highest BCUT2D eigenvalue weighted by atomic mass is 35.5.